The molecule has 2 fully saturated rings. The van der Waals surface area contributed by atoms with Crippen molar-refractivity contribution in [3.8, 4) is 0 Å². The third-order valence-electron chi connectivity index (χ3n) is 4.58. The van der Waals surface area contributed by atoms with Crippen LogP contribution in [-0.4, -0.2) is 33.9 Å². The smallest absolute Gasteiger partial charge is 0.323 e. The molecule has 0 bridgehead atoms. The topological polar surface area (TPSA) is 62.3 Å². The van der Waals surface area contributed by atoms with Crippen molar-refractivity contribution in [2.45, 2.75) is 50.5 Å². The predicted octanol–water partition coefficient (Wildman–Crippen LogP) is 2.27. The maximum absolute atomic E-state index is 12.7. The van der Waals surface area contributed by atoms with Crippen LogP contribution in [-0.2, 0) is 11.2 Å². The van der Waals surface area contributed by atoms with Gasteiger partial charge in [-0.2, -0.15) is 0 Å². The van der Waals surface area contributed by atoms with Gasteiger partial charge >= 0.3 is 6.03 Å². The Labute approximate surface area is 124 Å². The fourth-order valence-electron chi connectivity index (χ4n) is 3.34. The number of pyridine rings is 1. The molecule has 0 unspecified atom stereocenters. The molecule has 0 aromatic carbocycles. The van der Waals surface area contributed by atoms with Crippen molar-refractivity contribution in [1.29, 1.82) is 0 Å². The molecule has 1 aliphatic heterocycles. The Balaban J connectivity index is 1.69. The lowest BCUT2D eigenvalue weighted by Crippen LogP contribution is -2.46. The number of nitrogens with one attached hydrogen (secondary N) is 1. The van der Waals surface area contributed by atoms with Gasteiger partial charge in [0.25, 0.3) is 5.91 Å². The molecule has 21 heavy (non-hydrogen) atoms. The molecule has 2 heterocycles. The molecule has 1 saturated carbocycles. The molecule has 112 valence electrons. The van der Waals surface area contributed by atoms with Gasteiger partial charge in [0.05, 0.1) is 0 Å². The Kier molecular flexibility index (Phi) is 3.90. The first-order valence-electron chi connectivity index (χ1n) is 7.74. The SMILES string of the molecule is O=C1NC2(CCCCCC2)C(=O)N1CCc1ccncc1. The minimum atomic E-state index is -0.619. The average molecular weight is 287 g/mol. The van der Waals surface area contributed by atoms with Crippen LogP contribution in [0.25, 0.3) is 0 Å². The van der Waals surface area contributed by atoms with Crippen LogP contribution in [0.1, 0.15) is 44.1 Å². The first-order chi connectivity index (χ1) is 10.2. The predicted molar refractivity (Wildman–Crippen MR) is 78.6 cm³/mol. The van der Waals surface area contributed by atoms with Gasteiger partial charge in [-0.25, -0.2) is 4.79 Å². The zero-order valence-electron chi connectivity index (χ0n) is 12.2. The summed E-state index contributed by atoms with van der Waals surface area (Å²) >= 11 is 0. The highest BCUT2D eigenvalue weighted by Crippen LogP contribution is 2.32. The number of hydrogen-bond donors (Lipinski definition) is 1. The lowest BCUT2D eigenvalue weighted by Gasteiger charge is -2.24. The summed E-state index contributed by atoms with van der Waals surface area (Å²) in [5.74, 6) is -0.0246. The fraction of sp³-hybridized carbons (Fsp3) is 0.562. The van der Waals surface area contributed by atoms with Crippen molar-refractivity contribution >= 4 is 11.9 Å². The van der Waals surface area contributed by atoms with Crippen LogP contribution >= 0.6 is 0 Å². The van der Waals surface area contributed by atoms with Gasteiger partial charge in [0.2, 0.25) is 0 Å². The average Bonchev–Trinajstić information content (AvgIpc) is 2.67. The number of carbonyl (C=O) groups is 2. The summed E-state index contributed by atoms with van der Waals surface area (Å²) in [6.45, 7) is 0.441. The molecular weight excluding hydrogens is 266 g/mol. The van der Waals surface area contributed by atoms with Crippen molar-refractivity contribution in [2.75, 3.05) is 6.54 Å². The van der Waals surface area contributed by atoms with Crippen LogP contribution in [0, 0.1) is 0 Å². The number of nitrogens with zero attached hydrogens (tertiary/aromatic N) is 2. The highest BCUT2D eigenvalue weighted by molar-refractivity contribution is 6.07. The molecule has 0 radical (unpaired) electrons. The lowest BCUT2D eigenvalue weighted by molar-refractivity contribution is -0.131. The molecule has 1 N–H and O–H groups in total. The van der Waals surface area contributed by atoms with Crippen LogP contribution in [0.2, 0.25) is 0 Å². The van der Waals surface area contributed by atoms with Crippen LogP contribution in [0.3, 0.4) is 0 Å². The Hall–Kier alpha value is -1.91. The molecule has 1 spiro atoms. The second-order valence-corrected chi connectivity index (χ2v) is 5.99. The van der Waals surface area contributed by atoms with E-state index in [1.807, 2.05) is 12.1 Å². The zero-order chi connectivity index (χ0) is 14.7. The molecular formula is C16H21N3O2. The number of urea groups is 1. The number of carbonyl (C=O) groups excluding carboxylic acids is 2. The largest absolute Gasteiger partial charge is 0.325 e. The van der Waals surface area contributed by atoms with Gasteiger partial charge in [0.1, 0.15) is 5.54 Å². The number of imide groups is 1. The summed E-state index contributed by atoms with van der Waals surface area (Å²) < 4.78 is 0. The van der Waals surface area contributed by atoms with Crippen molar-refractivity contribution in [3.63, 3.8) is 0 Å². The van der Waals surface area contributed by atoms with Crippen molar-refractivity contribution in [2.24, 2.45) is 0 Å². The second-order valence-electron chi connectivity index (χ2n) is 5.99. The Morgan fingerprint density at radius 2 is 1.76 bits per heavy atom. The third-order valence-corrected chi connectivity index (χ3v) is 4.58. The maximum atomic E-state index is 12.7. The summed E-state index contributed by atoms with van der Waals surface area (Å²) in [7, 11) is 0. The standard InChI is InChI=1S/C16H21N3O2/c20-14-16(8-3-1-2-4-9-16)18-15(21)19(14)12-7-13-5-10-17-11-6-13/h5-6,10-11H,1-4,7-9,12H2,(H,18,21). The molecule has 1 aromatic heterocycles. The first-order valence-corrected chi connectivity index (χ1v) is 7.74. The van der Waals surface area contributed by atoms with Crippen LogP contribution < -0.4 is 5.32 Å². The second kappa shape index (κ2) is 5.84. The molecule has 1 aliphatic carbocycles. The molecule has 5 nitrogen and oxygen atoms in total. The monoisotopic (exact) mass is 287 g/mol. The van der Waals surface area contributed by atoms with Crippen molar-refractivity contribution in [1.82, 2.24) is 15.2 Å². The minimum Gasteiger partial charge on any atom is -0.323 e. The van der Waals surface area contributed by atoms with Gasteiger partial charge in [-0.05, 0) is 37.0 Å². The van der Waals surface area contributed by atoms with E-state index in [4.69, 9.17) is 0 Å². The van der Waals surface area contributed by atoms with E-state index in [0.29, 0.717) is 13.0 Å². The fourth-order valence-corrected chi connectivity index (χ4v) is 3.34. The molecule has 2 aliphatic rings. The van der Waals surface area contributed by atoms with Gasteiger partial charge in [-0.3, -0.25) is 14.7 Å². The summed E-state index contributed by atoms with van der Waals surface area (Å²) in [4.78, 5) is 30.2. The highest BCUT2D eigenvalue weighted by Gasteiger charge is 2.50. The van der Waals surface area contributed by atoms with E-state index >= 15 is 0 Å². The Morgan fingerprint density at radius 1 is 1.10 bits per heavy atom. The highest BCUT2D eigenvalue weighted by atomic mass is 16.2. The van der Waals surface area contributed by atoms with Gasteiger partial charge in [0, 0.05) is 18.9 Å². The summed E-state index contributed by atoms with van der Waals surface area (Å²) in [6, 6.07) is 3.61. The third kappa shape index (κ3) is 2.77. The normalized spacial score (nSPS) is 21.4. The molecule has 5 heteroatoms. The number of hydrogen-bond acceptors (Lipinski definition) is 3. The van der Waals surface area contributed by atoms with Crippen LogP contribution in [0.5, 0.6) is 0 Å². The van der Waals surface area contributed by atoms with E-state index in [-0.39, 0.29) is 11.9 Å². The minimum absolute atomic E-state index is 0.0246. The van der Waals surface area contributed by atoms with Crippen molar-refractivity contribution < 1.29 is 9.59 Å². The van der Waals surface area contributed by atoms with E-state index < -0.39 is 5.54 Å². The van der Waals surface area contributed by atoms with Crippen molar-refractivity contribution in [3.05, 3.63) is 30.1 Å². The van der Waals surface area contributed by atoms with E-state index in [9.17, 15) is 9.59 Å². The zero-order valence-corrected chi connectivity index (χ0v) is 12.2. The molecule has 3 amide bonds. The van der Waals surface area contributed by atoms with Crippen LogP contribution in [0.15, 0.2) is 24.5 Å². The number of amides is 3. The maximum Gasteiger partial charge on any atom is 0.325 e. The van der Waals surface area contributed by atoms with E-state index in [1.165, 1.54) is 4.90 Å². The van der Waals surface area contributed by atoms with Crippen LogP contribution in [0.4, 0.5) is 4.79 Å². The van der Waals surface area contributed by atoms with E-state index in [1.54, 1.807) is 12.4 Å². The van der Waals surface area contributed by atoms with Gasteiger partial charge in [0.15, 0.2) is 0 Å². The first kappa shape index (κ1) is 14.0. The molecule has 1 aromatic rings. The quantitative estimate of drug-likeness (QED) is 0.867. The van der Waals surface area contributed by atoms with E-state index in [0.717, 1.165) is 44.1 Å². The number of aromatic nitrogens is 1. The van der Waals surface area contributed by atoms with Gasteiger partial charge in [-0.1, -0.05) is 25.7 Å². The lowest BCUT2D eigenvalue weighted by atomic mass is 9.90. The van der Waals surface area contributed by atoms with Gasteiger partial charge in [-0.15, -0.1) is 0 Å². The Morgan fingerprint density at radius 3 is 2.43 bits per heavy atom. The summed E-state index contributed by atoms with van der Waals surface area (Å²) in [5.41, 5.74) is 0.471. The van der Waals surface area contributed by atoms with Gasteiger partial charge < -0.3 is 5.32 Å². The number of rotatable bonds is 3. The summed E-state index contributed by atoms with van der Waals surface area (Å²) in [6.07, 6.45) is 10.0. The molecule has 1 saturated heterocycles. The molecule has 0 atom stereocenters. The Bertz CT molecular complexity index is 522. The molecule has 3 rings (SSSR count). The summed E-state index contributed by atoms with van der Waals surface area (Å²) in [5, 5.41) is 2.97. The van der Waals surface area contributed by atoms with E-state index in [2.05, 4.69) is 10.3 Å².